The van der Waals surface area contributed by atoms with Crippen LogP contribution in [-0.2, 0) is 16.2 Å². The molecular formula is C16H12O7S. The molecular weight excluding hydrogens is 336 g/mol. The summed E-state index contributed by atoms with van der Waals surface area (Å²) in [6.07, 6.45) is 0.600. The second-order valence-electron chi connectivity index (χ2n) is 4.60. The maximum absolute atomic E-state index is 11.1. The van der Waals surface area contributed by atoms with Gasteiger partial charge in [-0.1, -0.05) is 12.1 Å². The largest absolute Gasteiger partial charge is 0.507 e. The molecule has 2 aromatic rings. The van der Waals surface area contributed by atoms with Gasteiger partial charge in [-0.25, -0.2) is 9.59 Å². The molecule has 124 valence electrons. The van der Waals surface area contributed by atoms with E-state index >= 15 is 0 Å². The van der Waals surface area contributed by atoms with E-state index in [1.165, 1.54) is 12.1 Å². The average Bonchev–Trinajstić information content (AvgIpc) is 3.01. The third-order valence-electron chi connectivity index (χ3n) is 2.94. The van der Waals surface area contributed by atoms with E-state index in [0.29, 0.717) is 17.4 Å². The highest BCUT2D eigenvalue weighted by Gasteiger charge is 2.13. The highest BCUT2D eigenvalue weighted by atomic mass is 32.1. The topological polar surface area (TPSA) is 121 Å². The van der Waals surface area contributed by atoms with Crippen molar-refractivity contribution in [3.8, 4) is 5.75 Å². The number of aliphatic hydroxyl groups excluding tert-OH is 1. The van der Waals surface area contributed by atoms with Gasteiger partial charge in [0.1, 0.15) is 23.0 Å². The summed E-state index contributed by atoms with van der Waals surface area (Å²) < 4.78 is 5.49. The van der Waals surface area contributed by atoms with Crippen LogP contribution in [0.3, 0.4) is 0 Å². The molecule has 0 spiro atoms. The molecule has 1 heterocycles. The Morgan fingerprint density at radius 3 is 2.54 bits per heavy atom. The van der Waals surface area contributed by atoms with Crippen molar-refractivity contribution >= 4 is 34.8 Å². The molecule has 0 fully saturated rings. The molecule has 0 saturated carbocycles. The van der Waals surface area contributed by atoms with E-state index in [4.69, 9.17) is 14.9 Å². The predicted molar refractivity (Wildman–Crippen MR) is 85.3 cm³/mol. The molecule has 0 aliphatic rings. The smallest absolute Gasteiger partial charge is 0.376 e. The maximum atomic E-state index is 11.1. The number of hydrogen-bond acceptors (Lipinski definition) is 6. The van der Waals surface area contributed by atoms with Crippen molar-refractivity contribution in [1.82, 2.24) is 0 Å². The number of ketones is 1. The molecule has 3 N–H and O–H groups in total. The fourth-order valence-electron chi connectivity index (χ4n) is 1.81. The van der Waals surface area contributed by atoms with Crippen LogP contribution in [0.15, 0.2) is 41.8 Å². The van der Waals surface area contributed by atoms with Crippen LogP contribution in [0.1, 0.15) is 20.8 Å². The molecule has 0 saturated heterocycles. The van der Waals surface area contributed by atoms with E-state index in [9.17, 15) is 19.5 Å². The van der Waals surface area contributed by atoms with Gasteiger partial charge in [0.05, 0.1) is 0 Å². The number of carbonyl (C=O) groups is 3. The molecule has 8 heteroatoms. The fourth-order valence-corrected chi connectivity index (χ4v) is 2.56. The van der Waals surface area contributed by atoms with Crippen LogP contribution in [0.2, 0.25) is 0 Å². The first-order chi connectivity index (χ1) is 11.4. The fraction of sp³-hybridized carbons (Fsp3) is 0.0625. The number of carbonyl (C=O) groups excluding carboxylic acids is 1. The lowest BCUT2D eigenvalue weighted by Gasteiger charge is -2.08. The molecule has 0 atom stereocenters. The van der Waals surface area contributed by atoms with Crippen molar-refractivity contribution in [1.29, 1.82) is 0 Å². The molecule has 1 aromatic carbocycles. The molecule has 0 radical (unpaired) electrons. The van der Waals surface area contributed by atoms with E-state index in [-0.39, 0.29) is 17.0 Å². The Morgan fingerprint density at radius 1 is 1.12 bits per heavy atom. The van der Waals surface area contributed by atoms with Crippen LogP contribution in [0.25, 0.3) is 5.76 Å². The Labute approximate surface area is 140 Å². The lowest BCUT2D eigenvalue weighted by molar-refractivity contribution is -0.146. The predicted octanol–water partition coefficient (Wildman–Crippen LogP) is 2.58. The number of benzene rings is 1. The summed E-state index contributed by atoms with van der Waals surface area (Å²) in [5.74, 6) is -4.13. The molecule has 0 amide bonds. The number of carboxylic acids is 2. The van der Waals surface area contributed by atoms with E-state index in [2.05, 4.69) is 0 Å². The minimum absolute atomic E-state index is 0.0210. The quantitative estimate of drug-likeness (QED) is 0.399. The second-order valence-corrected chi connectivity index (χ2v) is 5.51. The number of aliphatic carboxylic acids is 1. The highest BCUT2D eigenvalue weighted by Crippen LogP contribution is 2.22. The van der Waals surface area contributed by atoms with Crippen LogP contribution in [-0.4, -0.2) is 33.0 Å². The number of carboxylic acid groups (broad SMARTS) is 2. The number of rotatable bonds is 7. The van der Waals surface area contributed by atoms with E-state index in [1.54, 1.807) is 23.6 Å². The molecule has 0 aliphatic heterocycles. The van der Waals surface area contributed by atoms with Crippen LogP contribution >= 0.6 is 11.3 Å². The van der Waals surface area contributed by atoms with E-state index in [1.807, 2.05) is 0 Å². The molecule has 7 nitrogen and oxygen atoms in total. The molecule has 0 unspecified atom stereocenters. The molecule has 1 aromatic heterocycles. The zero-order valence-corrected chi connectivity index (χ0v) is 12.9. The number of hydrogen-bond donors (Lipinski definition) is 3. The molecule has 0 aliphatic carbocycles. The Morgan fingerprint density at radius 2 is 1.88 bits per heavy atom. The number of aliphatic hydroxyl groups is 1. The lowest BCUT2D eigenvalue weighted by Crippen LogP contribution is -2.09. The van der Waals surface area contributed by atoms with Gasteiger partial charge < -0.3 is 20.1 Å². The number of aromatic carboxylic acids is 1. The van der Waals surface area contributed by atoms with Crippen molar-refractivity contribution in [3.63, 3.8) is 0 Å². The summed E-state index contributed by atoms with van der Waals surface area (Å²) in [6, 6.07) is 7.66. The maximum Gasteiger partial charge on any atom is 0.376 e. The van der Waals surface area contributed by atoms with Crippen molar-refractivity contribution < 1.29 is 34.4 Å². The van der Waals surface area contributed by atoms with Gasteiger partial charge in [-0.2, -0.15) is 0 Å². The summed E-state index contributed by atoms with van der Waals surface area (Å²) in [6.45, 7) is 0.0210. The Balaban J connectivity index is 2.13. The van der Waals surface area contributed by atoms with Crippen LogP contribution < -0.4 is 4.74 Å². The van der Waals surface area contributed by atoms with Crippen molar-refractivity contribution in [2.45, 2.75) is 6.61 Å². The minimum atomic E-state index is -1.67. The first kappa shape index (κ1) is 17.2. The van der Waals surface area contributed by atoms with Gasteiger partial charge >= 0.3 is 11.9 Å². The van der Waals surface area contributed by atoms with Gasteiger partial charge in [-0.05, 0) is 23.6 Å². The van der Waals surface area contributed by atoms with Gasteiger partial charge in [0.15, 0.2) is 0 Å². The van der Waals surface area contributed by atoms with Gasteiger partial charge in [0.25, 0.3) is 5.78 Å². The Kier molecular flexibility index (Phi) is 5.33. The van der Waals surface area contributed by atoms with Gasteiger partial charge in [0, 0.05) is 17.2 Å². The Bertz CT molecular complexity index is 819. The van der Waals surface area contributed by atoms with Crippen molar-refractivity contribution in [3.05, 3.63) is 57.8 Å². The summed E-state index contributed by atoms with van der Waals surface area (Å²) in [5, 5.41) is 29.0. The molecule has 2 rings (SSSR count). The standard InChI is InChI=1S/C16H12O7S/c17-12(7-13(18)15(19)20)9-2-1-3-11(6-9)23-8-10-4-5-24-14(10)16(21)22/h1-7,17H,8H2,(H,19,20)(H,21,22)/b12-7-. The summed E-state index contributed by atoms with van der Waals surface area (Å²) >= 11 is 1.09. The normalized spacial score (nSPS) is 11.1. The van der Waals surface area contributed by atoms with Crippen molar-refractivity contribution in [2.75, 3.05) is 0 Å². The van der Waals surface area contributed by atoms with Crippen LogP contribution in [0.4, 0.5) is 0 Å². The summed E-state index contributed by atoms with van der Waals surface area (Å²) in [4.78, 5) is 32.8. The first-order valence-electron chi connectivity index (χ1n) is 6.59. The SMILES string of the molecule is O=C(O)C(=O)/C=C(\O)c1cccc(OCc2ccsc2C(=O)O)c1. The van der Waals surface area contributed by atoms with Crippen LogP contribution in [0, 0.1) is 0 Å². The second kappa shape index (κ2) is 7.42. The molecule has 24 heavy (non-hydrogen) atoms. The molecule has 0 bridgehead atoms. The number of thiophene rings is 1. The minimum Gasteiger partial charge on any atom is -0.507 e. The van der Waals surface area contributed by atoms with Gasteiger partial charge in [-0.15, -0.1) is 11.3 Å². The first-order valence-corrected chi connectivity index (χ1v) is 7.47. The average molecular weight is 348 g/mol. The number of ether oxygens (including phenoxy) is 1. The van der Waals surface area contributed by atoms with Crippen LogP contribution in [0.5, 0.6) is 5.75 Å². The van der Waals surface area contributed by atoms with Crippen molar-refractivity contribution in [2.24, 2.45) is 0 Å². The zero-order chi connectivity index (χ0) is 17.7. The monoisotopic (exact) mass is 348 g/mol. The van der Waals surface area contributed by atoms with E-state index < -0.39 is 23.5 Å². The summed E-state index contributed by atoms with van der Waals surface area (Å²) in [7, 11) is 0. The third kappa shape index (κ3) is 4.20. The van der Waals surface area contributed by atoms with Gasteiger partial charge in [-0.3, -0.25) is 4.79 Å². The van der Waals surface area contributed by atoms with Gasteiger partial charge in [0.2, 0.25) is 0 Å². The zero-order valence-electron chi connectivity index (χ0n) is 12.1. The lowest BCUT2D eigenvalue weighted by atomic mass is 10.1. The third-order valence-corrected chi connectivity index (χ3v) is 3.89. The summed E-state index contributed by atoms with van der Waals surface area (Å²) in [5.41, 5.74) is 0.713. The van der Waals surface area contributed by atoms with E-state index in [0.717, 1.165) is 11.3 Å². The Hall–Kier alpha value is -3.13. The highest BCUT2D eigenvalue weighted by molar-refractivity contribution is 7.12.